The summed E-state index contributed by atoms with van der Waals surface area (Å²) in [7, 11) is 0. The van der Waals surface area contributed by atoms with Gasteiger partial charge in [0.1, 0.15) is 11.3 Å². The van der Waals surface area contributed by atoms with Crippen LogP contribution in [0, 0.1) is 5.92 Å². The fourth-order valence-electron chi connectivity index (χ4n) is 6.40. The number of alkyl halides is 3. The van der Waals surface area contributed by atoms with Crippen molar-refractivity contribution in [3.8, 4) is 11.1 Å². The Balaban J connectivity index is 1.13. The van der Waals surface area contributed by atoms with Crippen LogP contribution in [0.5, 0.6) is 0 Å². The lowest BCUT2D eigenvalue weighted by atomic mass is 9.95. The molecule has 2 aromatic carbocycles. The van der Waals surface area contributed by atoms with Crippen molar-refractivity contribution in [2.45, 2.75) is 83.5 Å². The van der Waals surface area contributed by atoms with E-state index >= 15 is 0 Å². The zero-order chi connectivity index (χ0) is 34.5. The molecule has 10 heteroatoms. The highest BCUT2D eigenvalue weighted by Gasteiger charge is 2.46. The van der Waals surface area contributed by atoms with E-state index in [2.05, 4.69) is 9.88 Å². The van der Waals surface area contributed by atoms with Crippen molar-refractivity contribution >= 4 is 12.1 Å². The van der Waals surface area contributed by atoms with E-state index in [1.807, 2.05) is 74.2 Å². The molecule has 3 aromatic rings. The number of aromatic nitrogens is 1. The van der Waals surface area contributed by atoms with Crippen LogP contribution >= 0.6 is 0 Å². The summed E-state index contributed by atoms with van der Waals surface area (Å²) < 4.78 is 49.7. The molecule has 2 heterocycles. The number of benzene rings is 2. The molecule has 7 nitrogen and oxygen atoms in total. The van der Waals surface area contributed by atoms with E-state index in [0.29, 0.717) is 30.2 Å². The van der Waals surface area contributed by atoms with Crippen LogP contribution in [0.3, 0.4) is 0 Å². The SMILES string of the molecule is CCOC(=O)c1ccc(CCCN2CCC(CN(C(=O)OC(C)(C)C)C3CC3c3ccc(-c4ccc(C(F)(F)F)nc4)cc3)CC2)cc1. The number of rotatable bonds is 11. The summed E-state index contributed by atoms with van der Waals surface area (Å²) in [6.07, 6.45) is 1.36. The summed E-state index contributed by atoms with van der Waals surface area (Å²) in [5, 5.41) is 0. The largest absolute Gasteiger partial charge is 0.462 e. The van der Waals surface area contributed by atoms with Gasteiger partial charge in [-0.3, -0.25) is 4.98 Å². The van der Waals surface area contributed by atoms with Gasteiger partial charge < -0.3 is 19.3 Å². The molecule has 0 spiro atoms. The van der Waals surface area contributed by atoms with Gasteiger partial charge in [0.15, 0.2) is 0 Å². The van der Waals surface area contributed by atoms with Crippen LogP contribution in [0.2, 0.25) is 0 Å². The Labute approximate surface area is 281 Å². The zero-order valence-electron chi connectivity index (χ0n) is 28.3. The lowest BCUT2D eigenvalue weighted by Crippen LogP contribution is -2.44. The number of hydrogen-bond acceptors (Lipinski definition) is 6. The average Bonchev–Trinajstić information content (AvgIpc) is 3.84. The number of esters is 1. The van der Waals surface area contributed by atoms with Gasteiger partial charge in [-0.2, -0.15) is 13.2 Å². The van der Waals surface area contributed by atoms with E-state index in [1.54, 1.807) is 6.92 Å². The molecule has 5 rings (SSSR count). The Morgan fingerprint density at radius 1 is 0.938 bits per heavy atom. The number of hydrogen-bond donors (Lipinski definition) is 0. The topological polar surface area (TPSA) is 72.0 Å². The van der Waals surface area contributed by atoms with Gasteiger partial charge in [0.05, 0.1) is 12.2 Å². The van der Waals surface area contributed by atoms with E-state index in [-0.39, 0.29) is 24.0 Å². The molecule has 1 aliphatic heterocycles. The monoisotopic (exact) mass is 665 g/mol. The van der Waals surface area contributed by atoms with Crippen molar-refractivity contribution in [2.24, 2.45) is 5.92 Å². The van der Waals surface area contributed by atoms with Crippen molar-refractivity contribution < 1.29 is 32.2 Å². The van der Waals surface area contributed by atoms with Gasteiger partial charge in [-0.25, -0.2) is 9.59 Å². The number of nitrogens with zero attached hydrogens (tertiary/aromatic N) is 3. The van der Waals surface area contributed by atoms with Crippen molar-refractivity contribution in [1.82, 2.24) is 14.8 Å². The lowest BCUT2D eigenvalue weighted by molar-refractivity contribution is -0.141. The Morgan fingerprint density at radius 2 is 1.60 bits per heavy atom. The van der Waals surface area contributed by atoms with Crippen LogP contribution in [0.15, 0.2) is 66.9 Å². The summed E-state index contributed by atoms with van der Waals surface area (Å²) in [6, 6.07) is 17.9. The minimum absolute atomic E-state index is 0.0479. The zero-order valence-corrected chi connectivity index (χ0v) is 28.3. The van der Waals surface area contributed by atoms with Crippen molar-refractivity contribution in [3.63, 3.8) is 0 Å². The molecule has 0 radical (unpaired) electrons. The molecule has 1 saturated carbocycles. The fraction of sp³-hybridized carbons (Fsp3) is 0.500. The second-order valence-corrected chi connectivity index (χ2v) is 13.9. The molecule has 1 amide bonds. The number of likely N-dealkylation sites (tertiary alicyclic amines) is 1. The number of pyridine rings is 1. The third-order valence-electron chi connectivity index (χ3n) is 9.08. The van der Waals surface area contributed by atoms with Gasteiger partial charge in [0, 0.05) is 30.3 Å². The predicted molar refractivity (Wildman–Crippen MR) is 179 cm³/mol. The maximum absolute atomic E-state index is 13.4. The number of ether oxygens (including phenoxy) is 2. The maximum Gasteiger partial charge on any atom is 0.433 e. The fourth-order valence-corrected chi connectivity index (χ4v) is 6.40. The molecule has 258 valence electrons. The van der Waals surface area contributed by atoms with Crippen LogP contribution < -0.4 is 0 Å². The molecule has 1 saturated heterocycles. The van der Waals surface area contributed by atoms with Crippen molar-refractivity contribution in [1.29, 1.82) is 0 Å². The standard InChI is InChI=1S/C38H46F3N3O4/c1-5-47-35(45)30-10-8-26(9-11-30)7-6-20-43-21-18-27(19-22-43)25-44(36(46)48-37(2,3)4)33-23-32(33)29-14-12-28(13-15-29)31-16-17-34(42-24-31)38(39,40)41/h8-17,24,27,32-33H,5-7,18-23,25H2,1-4H3. The van der Waals surface area contributed by atoms with E-state index in [9.17, 15) is 22.8 Å². The van der Waals surface area contributed by atoms with Gasteiger partial charge >= 0.3 is 18.2 Å². The second kappa shape index (κ2) is 15.1. The molecule has 48 heavy (non-hydrogen) atoms. The molecule has 2 fully saturated rings. The first-order valence-corrected chi connectivity index (χ1v) is 16.9. The minimum atomic E-state index is -4.47. The smallest absolute Gasteiger partial charge is 0.433 e. The van der Waals surface area contributed by atoms with Crippen LogP contribution in [0.4, 0.5) is 18.0 Å². The molecule has 0 N–H and O–H groups in total. The summed E-state index contributed by atoms with van der Waals surface area (Å²) in [4.78, 5) is 33.3. The molecule has 2 unspecified atom stereocenters. The van der Waals surface area contributed by atoms with E-state index < -0.39 is 17.5 Å². The maximum atomic E-state index is 13.4. The highest BCUT2D eigenvalue weighted by atomic mass is 19.4. The molecule has 2 atom stereocenters. The Morgan fingerprint density at radius 3 is 2.19 bits per heavy atom. The molecule has 2 aliphatic rings. The number of halogens is 3. The number of carbonyl (C=O) groups excluding carboxylic acids is 2. The van der Waals surface area contributed by atoms with E-state index in [1.165, 1.54) is 17.8 Å². The number of aryl methyl sites for hydroxylation is 1. The normalized spacial score (nSPS) is 18.7. The Bertz CT molecular complexity index is 1510. The minimum Gasteiger partial charge on any atom is -0.462 e. The van der Waals surface area contributed by atoms with Crippen molar-refractivity contribution in [3.05, 3.63) is 89.2 Å². The molecule has 1 aliphatic carbocycles. The Kier molecular flexibility index (Phi) is 11.1. The van der Waals surface area contributed by atoms with E-state index in [0.717, 1.165) is 68.9 Å². The first-order chi connectivity index (χ1) is 22.8. The molecule has 1 aromatic heterocycles. The quantitative estimate of drug-likeness (QED) is 0.192. The van der Waals surface area contributed by atoms with Crippen LogP contribution in [-0.2, 0) is 22.1 Å². The van der Waals surface area contributed by atoms with Crippen LogP contribution in [-0.4, -0.2) is 71.3 Å². The van der Waals surface area contributed by atoms with Gasteiger partial charge in [0.25, 0.3) is 0 Å². The number of carbonyl (C=O) groups is 2. The highest BCUT2D eigenvalue weighted by molar-refractivity contribution is 5.89. The molecular weight excluding hydrogens is 619 g/mol. The first-order valence-electron chi connectivity index (χ1n) is 16.9. The molecule has 0 bridgehead atoms. The predicted octanol–water partition coefficient (Wildman–Crippen LogP) is 8.38. The van der Waals surface area contributed by atoms with E-state index in [4.69, 9.17) is 9.47 Å². The third-order valence-corrected chi connectivity index (χ3v) is 9.08. The first kappa shape index (κ1) is 35.4. The number of piperidine rings is 1. The van der Waals surface area contributed by atoms with Crippen LogP contribution in [0.1, 0.15) is 86.5 Å². The van der Waals surface area contributed by atoms with Gasteiger partial charge in [-0.05, 0) is 120 Å². The van der Waals surface area contributed by atoms with Gasteiger partial charge in [-0.15, -0.1) is 0 Å². The lowest BCUT2D eigenvalue weighted by Gasteiger charge is -2.36. The summed E-state index contributed by atoms with van der Waals surface area (Å²) >= 11 is 0. The summed E-state index contributed by atoms with van der Waals surface area (Å²) in [5.74, 6) is 0.282. The van der Waals surface area contributed by atoms with Crippen LogP contribution in [0.25, 0.3) is 11.1 Å². The second-order valence-electron chi connectivity index (χ2n) is 13.9. The third kappa shape index (κ3) is 9.58. The van der Waals surface area contributed by atoms with Gasteiger partial charge in [0.2, 0.25) is 0 Å². The molecular formula is C38H46F3N3O4. The average molecular weight is 666 g/mol. The van der Waals surface area contributed by atoms with Crippen molar-refractivity contribution in [2.75, 3.05) is 32.8 Å². The summed E-state index contributed by atoms with van der Waals surface area (Å²) in [6.45, 7) is 11.5. The summed E-state index contributed by atoms with van der Waals surface area (Å²) in [5.41, 5.74) is 2.78. The van der Waals surface area contributed by atoms with Gasteiger partial charge in [-0.1, -0.05) is 42.5 Å². The Hall–Kier alpha value is -3.92. The number of amides is 1. The highest BCUT2D eigenvalue weighted by Crippen LogP contribution is 2.46.